The number of rotatable bonds is 6. The summed E-state index contributed by atoms with van der Waals surface area (Å²) >= 11 is 5.42. The summed E-state index contributed by atoms with van der Waals surface area (Å²) in [5, 5.41) is 7.04. The highest BCUT2D eigenvalue weighted by Gasteiger charge is 2.11. The van der Waals surface area contributed by atoms with E-state index in [1.165, 1.54) is 11.1 Å². The Bertz CT molecular complexity index is 711. The smallest absolute Gasteiger partial charge is 0.338 e. The predicted octanol–water partition coefficient (Wildman–Crippen LogP) is 4.61. The number of thiocarbonyl (C=S) groups is 1. The van der Waals surface area contributed by atoms with E-state index >= 15 is 0 Å². The number of ether oxygens (including phenoxy) is 1. The Labute approximate surface area is 154 Å². The van der Waals surface area contributed by atoms with Gasteiger partial charge in [-0.3, -0.25) is 0 Å². The van der Waals surface area contributed by atoms with Crippen molar-refractivity contribution in [3.8, 4) is 0 Å². The van der Waals surface area contributed by atoms with Gasteiger partial charge in [-0.05, 0) is 62.3 Å². The molecule has 0 amide bonds. The summed E-state index contributed by atoms with van der Waals surface area (Å²) in [5.74, 6) is -0.319. The molecular weight excluding hydrogens is 332 g/mol. The van der Waals surface area contributed by atoms with Crippen LogP contribution in [0.3, 0.4) is 0 Å². The minimum atomic E-state index is -0.319. The van der Waals surface area contributed by atoms with Crippen molar-refractivity contribution in [3.05, 3.63) is 65.2 Å². The standard InChI is InChI=1S/C20H24N2O2S/c1-4-18(15-8-6-14(3)7-9-15)22-20(25)21-17-12-10-16(11-13-17)19(23)24-5-2/h6-13,18H,4-5H2,1-3H3,(H2,21,22,25). The van der Waals surface area contributed by atoms with Crippen LogP contribution in [0.1, 0.15) is 47.8 Å². The molecule has 2 rings (SSSR count). The van der Waals surface area contributed by atoms with E-state index < -0.39 is 0 Å². The average molecular weight is 356 g/mol. The van der Waals surface area contributed by atoms with Gasteiger partial charge in [-0.2, -0.15) is 0 Å². The molecule has 0 aliphatic heterocycles. The third-order valence-electron chi connectivity index (χ3n) is 3.85. The first-order chi connectivity index (χ1) is 12.0. The normalized spacial score (nSPS) is 11.5. The Hall–Kier alpha value is -2.40. The van der Waals surface area contributed by atoms with Crippen LogP contribution < -0.4 is 10.6 Å². The van der Waals surface area contributed by atoms with E-state index in [0.717, 1.165) is 12.1 Å². The van der Waals surface area contributed by atoms with Crippen molar-refractivity contribution in [2.75, 3.05) is 11.9 Å². The summed E-state index contributed by atoms with van der Waals surface area (Å²) in [6, 6.07) is 15.7. The fourth-order valence-electron chi connectivity index (χ4n) is 2.45. The van der Waals surface area contributed by atoms with Gasteiger partial charge in [0.1, 0.15) is 0 Å². The van der Waals surface area contributed by atoms with E-state index in [2.05, 4.69) is 48.7 Å². The van der Waals surface area contributed by atoms with E-state index in [4.69, 9.17) is 17.0 Å². The Morgan fingerprint density at radius 1 is 1.08 bits per heavy atom. The molecule has 0 bridgehead atoms. The largest absolute Gasteiger partial charge is 0.462 e. The lowest BCUT2D eigenvalue weighted by Gasteiger charge is -2.20. The topological polar surface area (TPSA) is 50.4 Å². The highest BCUT2D eigenvalue weighted by atomic mass is 32.1. The van der Waals surface area contributed by atoms with Crippen molar-refractivity contribution in [2.45, 2.75) is 33.2 Å². The SMILES string of the molecule is CCOC(=O)c1ccc(NC(=S)NC(CC)c2ccc(C)cc2)cc1. The molecule has 25 heavy (non-hydrogen) atoms. The molecule has 0 heterocycles. The monoisotopic (exact) mass is 356 g/mol. The zero-order valence-electron chi connectivity index (χ0n) is 14.8. The predicted molar refractivity (Wildman–Crippen MR) is 106 cm³/mol. The molecule has 0 aromatic heterocycles. The number of carbonyl (C=O) groups is 1. The van der Waals surface area contributed by atoms with E-state index in [9.17, 15) is 4.79 Å². The van der Waals surface area contributed by atoms with E-state index in [1.807, 2.05) is 12.1 Å². The fraction of sp³-hybridized carbons (Fsp3) is 0.300. The van der Waals surface area contributed by atoms with Gasteiger partial charge in [0, 0.05) is 5.69 Å². The molecule has 0 fully saturated rings. The zero-order chi connectivity index (χ0) is 18.2. The molecule has 2 aromatic rings. The number of hydrogen-bond acceptors (Lipinski definition) is 3. The summed E-state index contributed by atoms with van der Waals surface area (Å²) in [5.41, 5.74) is 3.79. The van der Waals surface area contributed by atoms with Gasteiger partial charge in [-0.1, -0.05) is 36.8 Å². The molecule has 132 valence electrons. The molecule has 0 spiro atoms. The lowest BCUT2D eigenvalue weighted by Crippen LogP contribution is -2.32. The lowest BCUT2D eigenvalue weighted by atomic mass is 10.0. The minimum absolute atomic E-state index is 0.152. The van der Waals surface area contributed by atoms with Crippen molar-refractivity contribution in [1.29, 1.82) is 0 Å². The summed E-state index contributed by atoms with van der Waals surface area (Å²) in [4.78, 5) is 11.7. The number of carbonyl (C=O) groups excluding carboxylic acids is 1. The molecule has 1 atom stereocenters. The molecular formula is C20H24N2O2S. The summed E-state index contributed by atoms with van der Waals surface area (Å²) in [6.07, 6.45) is 0.923. The number of benzene rings is 2. The van der Waals surface area contributed by atoms with Crippen LogP contribution in [-0.4, -0.2) is 17.7 Å². The maximum Gasteiger partial charge on any atom is 0.338 e. The van der Waals surface area contributed by atoms with Crippen molar-refractivity contribution in [1.82, 2.24) is 5.32 Å². The summed E-state index contributed by atoms with van der Waals surface area (Å²) < 4.78 is 4.98. The highest BCUT2D eigenvalue weighted by Crippen LogP contribution is 2.18. The molecule has 5 heteroatoms. The number of aryl methyl sites for hydroxylation is 1. The number of anilines is 1. The van der Waals surface area contributed by atoms with Crippen molar-refractivity contribution >= 4 is 29.0 Å². The van der Waals surface area contributed by atoms with Crippen molar-refractivity contribution in [3.63, 3.8) is 0 Å². The van der Waals surface area contributed by atoms with Crippen LogP contribution >= 0.6 is 12.2 Å². The third-order valence-corrected chi connectivity index (χ3v) is 4.07. The molecule has 2 aromatic carbocycles. The van der Waals surface area contributed by atoms with Gasteiger partial charge in [0.2, 0.25) is 0 Å². The minimum Gasteiger partial charge on any atom is -0.462 e. The molecule has 0 saturated heterocycles. The Morgan fingerprint density at radius 2 is 1.72 bits per heavy atom. The van der Waals surface area contributed by atoms with Crippen LogP contribution in [0.15, 0.2) is 48.5 Å². The van der Waals surface area contributed by atoms with Gasteiger partial charge in [0.05, 0.1) is 18.2 Å². The number of nitrogens with one attached hydrogen (secondary N) is 2. The van der Waals surface area contributed by atoms with Crippen LogP contribution in [0.5, 0.6) is 0 Å². The molecule has 0 aliphatic carbocycles. The fourth-order valence-corrected chi connectivity index (χ4v) is 2.71. The Morgan fingerprint density at radius 3 is 2.28 bits per heavy atom. The van der Waals surface area contributed by atoms with E-state index in [1.54, 1.807) is 19.1 Å². The molecule has 0 aliphatic rings. The molecule has 0 saturated carbocycles. The first-order valence-electron chi connectivity index (χ1n) is 8.44. The van der Waals surface area contributed by atoms with Crippen LogP contribution in [0.2, 0.25) is 0 Å². The van der Waals surface area contributed by atoms with Crippen LogP contribution in [0.25, 0.3) is 0 Å². The van der Waals surface area contributed by atoms with Gasteiger partial charge in [0.15, 0.2) is 5.11 Å². The first-order valence-corrected chi connectivity index (χ1v) is 8.85. The van der Waals surface area contributed by atoms with E-state index in [-0.39, 0.29) is 12.0 Å². The maximum absolute atomic E-state index is 11.7. The number of esters is 1. The van der Waals surface area contributed by atoms with Gasteiger partial charge in [-0.25, -0.2) is 4.79 Å². The Balaban J connectivity index is 1.96. The molecule has 2 N–H and O–H groups in total. The molecule has 4 nitrogen and oxygen atoms in total. The Kier molecular flexibility index (Phi) is 6.95. The van der Waals surface area contributed by atoms with Gasteiger partial charge < -0.3 is 15.4 Å². The van der Waals surface area contributed by atoms with Crippen LogP contribution in [-0.2, 0) is 4.74 Å². The summed E-state index contributed by atoms with van der Waals surface area (Å²) in [6.45, 7) is 6.35. The quantitative estimate of drug-likeness (QED) is 0.585. The second-order valence-electron chi connectivity index (χ2n) is 5.77. The van der Waals surface area contributed by atoms with Crippen molar-refractivity contribution < 1.29 is 9.53 Å². The zero-order valence-corrected chi connectivity index (χ0v) is 15.7. The molecule has 0 radical (unpaired) electrons. The van der Waals surface area contributed by atoms with Gasteiger partial charge in [-0.15, -0.1) is 0 Å². The van der Waals surface area contributed by atoms with Gasteiger partial charge in [0.25, 0.3) is 0 Å². The highest BCUT2D eigenvalue weighted by molar-refractivity contribution is 7.80. The molecule has 1 unspecified atom stereocenters. The summed E-state index contributed by atoms with van der Waals surface area (Å²) in [7, 11) is 0. The van der Waals surface area contributed by atoms with E-state index in [0.29, 0.717) is 17.3 Å². The van der Waals surface area contributed by atoms with Crippen molar-refractivity contribution in [2.24, 2.45) is 0 Å². The van der Waals surface area contributed by atoms with Gasteiger partial charge >= 0.3 is 5.97 Å². The second-order valence-corrected chi connectivity index (χ2v) is 6.18. The first kappa shape index (κ1) is 18.9. The van der Waals surface area contributed by atoms with Crippen LogP contribution in [0, 0.1) is 6.92 Å². The maximum atomic E-state index is 11.7. The second kappa shape index (κ2) is 9.18. The third kappa shape index (κ3) is 5.57. The van der Waals surface area contributed by atoms with Crippen LogP contribution in [0.4, 0.5) is 5.69 Å². The number of hydrogen-bond donors (Lipinski definition) is 2. The average Bonchev–Trinajstić information content (AvgIpc) is 2.61. The lowest BCUT2D eigenvalue weighted by molar-refractivity contribution is 0.0526.